The summed E-state index contributed by atoms with van der Waals surface area (Å²) in [5.41, 5.74) is 15.6. The molecule has 0 unspecified atom stereocenters. The molecule has 2 spiro atoms. The lowest BCUT2D eigenvalue weighted by molar-refractivity contribution is -0.365. The first-order valence-corrected chi connectivity index (χ1v) is 19.1. The van der Waals surface area contributed by atoms with E-state index in [4.69, 9.17) is 18.9 Å². The predicted octanol–water partition coefficient (Wildman–Crippen LogP) is 11.0. The van der Waals surface area contributed by atoms with Gasteiger partial charge >= 0.3 is 0 Å². The number of fused-ring (bicyclic) bond motifs is 10. The monoisotopic (exact) mass is 710 g/mol. The average molecular weight is 711 g/mol. The summed E-state index contributed by atoms with van der Waals surface area (Å²) in [7, 11) is 0. The van der Waals surface area contributed by atoms with Gasteiger partial charge in [0.2, 0.25) is 0 Å². The highest BCUT2D eigenvalue weighted by molar-refractivity contribution is 5.92. The van der Waals surface area contributed by atoms with Crippen LogP contribution < -0.4 is 9.80 Å². The maximum absolute atomic E-state index is 6.69. The molecule has 0 saturated carbocycles. The van der Waals surface area contributed by atoms with Gasteiger partial charge in [0.25, 0.3) is 11.6 Å². The minimum atomic E-state index is -1.25. The van der Waals surface area contributed by atoms with Crippen molar-refractivity contribution in [2.75, 3.05) is 36.2 Å². The van der Waals surface area contributed by atoms with Crippen LogP contribution in [0.15, 0.2) is 133 Å². The van der Waals surface area contributed by atoms with Crippen LogP contribution in [0.5, 0.6) is 0 Å². The lowest BCUT2D eigenvalue weighted by Crippen LogP contribution is -2.53. The van der Waals surface area contributed by atoms with E-state index >= 15 is 0 Å². The standard InChI is InChI=1S/C48H42N2O4/c1-45(2)37-13-5-9-17-41(37)49(42-18-10-6-14-38(42)45)31-21-23-35-33(29-31)34-30-32(22-24-36(34)48(53-27-28-54-48)47(35)51-25-26-52-47)50-43-19-11-7-15-39(43)46(3,4)40-16-8-12-20-44(40)50/h5-24,29-30H,25-28H2,1-4H3. The second-order valence-corrected chi connectivity index (χ2v) is 16.1. The van der Waals surface area contributed by atoms with Crippen LogP contribution >= 0.6 is 0 Å². The summed E-state index contributed by atoms with van der Waals surface area (Å²) in [5.74, 6) is -2.50. The van der Waals surface area contributed by atoms with Crippen LogP contribution in [0.2, 0.25) is 0 Å². The van der Waals surface area contributed by atoms with E-state index in [-0.39, 0.29) is 10.8 Å². The van der Waals surface area contributed by atoms with E-state index in [1.54, 1.807) is 0 Å². The highest BCUT2D eigenvalue weighted by Gasteiger charge is 2.66. The minimum Gasteiger partial charge on any atom is -0.339 e. The Morgan fingerprint density at radius 1 is 0.370 bits per heavy atom. The van der Waals surface area contributed by atoms with Gasteiger partial charge in [-0.1, -0.05) is 113 Å². The van der Waals surface area contributed by atoms with Crippen molar-refractivity contribution < 1.29 is 18.9 Å². The molecule has 2 saturated heterocycles. The Morgan fingerprint density at radius 3 is 0.981 bits per heavy atom. The summed E-state index contributed by atoms with van der Waals surface area (Å²) >= 11 is 0. The molecule has 0 atom stereocenters. The Balaban J connectivity index is 1.17. The number of hydrogen-bond donors (Lipinski definition) is 0. The van der Waals surface area contributed by atoms with Crippen molar-refractivity contribution in [1.82, 2.24) is 0 Å². The van der Waals surface area contributed by atoms with Gasteiger partial charge in [0.1, 0.15) is 0 Å². The molecule has 0 radical (unpaired) electrons. The molecule has 54 heavy (non-hydrogen) atoms. The molecule has 2 fully saturated rings. The van der Waals surface area contributed by atoms with Gasteiger partial charge in [0, 0.05) is 33.3 Å². The summed E-state index contributed by atoms with van der Waals surface area (Å²) in [4.78, 5) is 4.82. The van der Waals surface area contributed by atoms with E-state index in [0.717, 1.165) is 33.6 Å². The molecule has 6 nitrogen and oxygen atoms in total. The topological polar surface area (TPSA) is 43.4 Å². The zero-order valence-corrected chi connectivity index (χ0v) is 31.1. The zero-order chi connectivity index (χ0) is 36.5. The molecule has 0 aromatic heterocycles. The minimum absolute atomic E-state index is 0.159. The molecular formula is C48H42N2O4. The van der Waals surface area contributed by atoms with Crippen molar-refractivity contribution in [3.05, 3.63) is 167 Å². The van der Waals surface area contributed by atoms with Crippen LogP contribution in [-0.2, 0) is 41.4 Å². The normalized spacial score (nSPS) is 20.1. The predicted molar refractivity (Wildman–Crippen MR) is 213 cm³/mol. The maximum Gasteiger partial charge on any atom is 0.256 e. The van der Waals surface area contributed by atoms with Crippen LogP contribution in [-0.4, -0.2) is 26.4 Å². The van der Waals surface area contributed by atoms with Crippen molar-refractivity contribution >= 4 is 34.1 Å². The van der Waals surface area contributed by atoms with Gasteiger partial charge < -0.3 is 28.7 Å². The molecule has 6 aromatic carbocycles. The molecule has 6 heteroatoms. The van der Waals surface area contributed by atoms with Crippen molar-refractivity contribution in [2.24, 2.45) is 0 Å². The summed E-state index contributed by atoms with van der Waals surface area (Å²) in [6, 6.07) is 48.6. The number of hydrogen-bond acceptors (Lipinski definition) is 6. The number of benzene rings is 6. The van der Waals surface area contributed by atoms with Gasteiger partial charge in [-0.3, -0.25) is 0 Å². The zero-order valence-electron chi connectivity index (χ0n) is 31.1. The van der Waals surface area contributed by atoms with E-state index in [0.29, 0.717) is 26.4 Å². The molecule has 0 amide bonds. The number of nitrogens with zero attached hydrogens (tertiary/aromatic N) is 2. The second-order valence-electron chi connectivity index (χ2n) is 16.1. The number of anilines is 6. The lowest BCUT2D eigenvalue weighted by atomic mass is 9.73. The smallest absolute Gasteiger partial charge is 0.256 e. The quantitative estimate of drug-likeness (QED) is 0.178. The fourth-order valence-corrected chi connectivity index (χ4v) is 10.1. The summed E-state index contributed by atoms with van der Waals surface area (Å²) < 4.78 is 26.8. The van der Waals surface area contributed by atoms with E-state index in [1.807, 2.05) is 0 Å². The largest absolute Gasteiger partial charge is 0.339 e. The van der Waals surface area contributed by atoms with Crippen LogP contribution in [0, 0.1) is 0 Å². The third-order valence-corrected chi connectivity index (χ3v) is 12.6. The first kappa shape index (κ1) is 32.2. The first-order chi connectivity index (χ1) is 26.3. The van der Waals surface area contributed by atoms with E-state index in [1.165, 1.54) is 45.0 Å². The van der Waals surface area contributed by atoms with Gasteiger partial charge in [-0.2, -0.15) is 0 Å². The molecule has 6 aromatic rings. The highest BCUT2D eigenvalue weighted by atomic mass is 16.8. The van der Waals surface area contributed by atoms with Gasteiger partial charge in [0.15, 0.2) is 0 Å². The summed E-state index contributed by atoms with van der Waals surface area (Å²) in [5, 5.41) is 0. The Kier molecular flexibility index (Phi) is 6.65. The number of rotatable bonds is 2. The molecule has 11 rings (SSSR count). The Bertz CT molecular complexity index is 2230. The van der Waals surface area contributed by atoms with Crippen molar-refractivity contribution in [3.8, 4) is 11.1 Å². The Hall–Kier alpha value is -5.24. The fourth-order valence-electron chi connectivity index (χ4n) is 10.1. The molecule has 5 aliphatic rings. The first-order valence-electron chi connectivity index (χ1n) is 19.1. The SMILES string of the molecule is CC1(C)c2ccccc2N(c2ccc3c(c2)-c2cc(N4c5ccccc5C(C)(C)c5ccccc54)ccc2C2(OCCO2)C32OCCO2)c2ccccc21. The third-order valence-electron chi connectivity index (χ3n) is 12.6. The summed E-state index contributed by atoms with van der Waals surface area (Å²) in [6.45, 7) is 11.1. The maximum atomic E-state index is 6.69. The van der Waals surface area contributed by atoms with E-state index in [2.05, 4.69) is 171 Å². The molecule has 4 aliphatic heterocycles. The second kappa shape index (κ2) is 11.2. The van der Waals surface area contributed by atoms with Crippen LogP contribution in [0.4, 0.5) is 34.1 Å². The van der Waals surface area contributed by atoms with Gasteiger partial charge in [0.05, 0.1) is 49.2 Å². The molecule has 4 heterocycles. The number of ether oxygens (including phenoxy) is 4. The Morgan fingerprint density at radius 2 is 0.667 bits per heavy atom. The summed E-state index contributed by atoms with van der Waals surface area (Å²) in [6.07, 6.45) is 0. The van der Waals surface area contributed by atoms with E-state index < -0.39 is 11.6 Å². The van der Waals surface area contributed by atoms with Crippen molar-refractivity contribution in [3.63, 3.8) is 0 Å². The van der Waals surface area contributed by atoms with Crippen molar-refractivity contribution in [1.29, 1.82) is 0 Å². The Labute approximate surface area is 316 Å². The average Bonchev–Trinajstić information content (AvgIpc) is 3.90. The van der Waals surface area contributed by atoms with Gasteiger partial charge in [-0.05, 0) is 81.9 Å². The lowest BCUT2D eigenvalue weighted by Gasteiger charge is -2.48. The van der Waals surface area contributed by atoms with Crippen LogP contribution in [0.25, 0.3) is 11.1 Å². The van der Waals surface area contributed by atoms with Gasteiger partial charge in [-0.25, -0.2) is 0 Å². The van der Waals surface area contributed by atoms with Gasteiger partial charge in [-0.15, -0.1) is 0 Å². The molecule has 0 N–H and O–H groups in total. The fraction of sp³-hybridized carbons (Fsp3) is 0.250. The van der Waals surface area contributed by atoms with Crippen LogP contribution in [0.3, 0.4) is 0 Å². The number of para-hydroxylation sites is 4. The third kappa shape index (κ3) is 4.04. The highest BCUT2D eigenvalue weighted by Crippen LogP contribution is 2.62. The molecular weight excluding hydrogens is 669 g/mol. The molecule has 268 valence electrons. The van der Waals surface area contributed by atoms with Crippen LogP contribution in [0.1, 0.15) is 61.1 Å². The van der Waals surface area contributed by atoms with E-state index in [9.17, 15) is 0 Å². The van der Waals surface area contributed by atoms with Crippen molar-refractivity contribution in [2.45, 2.75) is 50.1 Å². The molecule has 0 bridgehead atoms. The molecule has 1 aliphatic carbocycles.